The van der Waals surface area contributed by atoms with Crippen molar-refractivity contribution in [1.29, 1.82) is 0 Å². The van der Waals surface area contributed by atoms with Crippen molar-refractivity contribution < 1.29 is 29.2 Å². The third-order valence-electron chi connectivity index (χ3n) is 8.18. The van der Waals surface area contributed by atoms with Gasteiger partial charge in [0.05, 0.1) is 4.92 Å². The van der Waals surface area contributed by atoms with Crippen LogP contribution in [0.25, 0.3) is 11.1 Å². The molecule has 0 bridgehead atoms. The van der Waals surface area contributed by atoms with Crippen molar-refractivity contribution in [3.05, 3.63) is 63.2 Å². The van der Waals surface area contributed by atoms with Gasteiger partial charge in [0, 0.05) is 36.1 Å². The van der Waals surface area contributed by atoms with Crippen LogP contribution < -0.4 is 0 Å². The molecule has 1 heterocycles. The lowest BCUT2D eigenvalue weighted by molar-refractivity contribution is -0.384. The highest BCUT2D eigenvalue weighted by Gasteiger charge is 2.53. The molecule has 1 aliphatic carbocycles. The molecule has 1 saturated heterocycles. The number of carbonyl (C=O) groups excluding carboxylic acids is 2. The number of likely N-dealkylation sites (tertiary alicyclic amines) is 1. The largest absolute Gasteiger partial charge is 0.479 e. The molecule has 9 nitrogen and oxygen atoms in total. The number of amides is 1. The summed E-state index contributed by atoms with van der Waals surface area (Å²) in [6, 6.07) is 10.4. The minimum Gasteiger partial charge on any atom is -0.479 e. The Hall–Kier alpha value is -3.75. The second kappa shape index (κ2) is 10.7. The van der Waals surface area contributed by atoms with Crippen LogP contribution >= 0.6 is 0 Å². The minimum absolute atomic E-state index is 0.0336. The zero-order valence-electron chi connectivity index (χ0n) is 23.9. The van der Waals surface area contributed by atoms with Crippen molar-refractivity contribution in [3.63, 3.8) is 0 Å². The van der Waals surface area contributed by atoms with Crippen LogP contribution in [0.5, 0.6) is 0 Å². The summed E-state index contributed by atoms with van der Waals surface area (Å²) >= 11 is 0. The number of aliphatic carboxylic acids is 1. The summed E-state index contributed by atoms with van der Waals surface area (Å²) in [5, 5.41) is 21.9. The Kier molecular flexibility index (Phi) is 7.80. The van der Waals surface area contributed by atoms with E-state index in [4.69, 9.17) is 4.74 Å². The van der Waals surface area contributed by atoms with Crippen LogP contribution in [0.15, 0.2) is 36.4 Å². The van der Waals surface area contributed by atoms with Crippen molar-refractivity contribution in [3.8, 4) is 11.1 Å². The van der Waals surface area contributed by atoms with Gasteiger partial charge in [0.25, 0.3) is 5.69 Å². The van der Waals surface area contributed by atoms with Crippen LogP contribution in [0.3, 0.4) is 0 Å². The Morgan fingerprint density at radius 2 is 1.62 bits per heavy atom. The van der Waals surface area contributed by atoms with Gasteiger partial charge < -0.3 is 9.84 Å². The van der Waals surface area contributed by atoms with Crippen LogP contribution in [0.2, 0.25) is 0 Å². The molecule has 40 heavy (non-hydrogen) atoms. The standard InChI is InChI=1S/C31H38N2O7/c1-6-13-30(14-7-2)24-17-20(9-11-22(24)23-12-10-21(33(38)39)18-25(23)30)26(34)19-31(27(35)36)15-8-16-32(31)28(37)40-29(3,4)5/h9-12,17-18H,6-8,13-16,19H2,1-5H3,(H,35,36)/t31-/m0/s1. The van der Waals surface area contributed by atoms with Crippen LogP contribution in [0, 0.1) is 10.1 Å². The smallest absolute Gasteiger partial charge is 0.411 e. The van der Waals surface area contributed by atoms with Gasteiger partial charge in [-0.3, -0.25) is 19.8 Å². The maximum Gasteiger partial charge on any atom is 0.411 e. The maximum absolute atomic E-state index is 13.8. The van der Waals surface area contributed by atoms with Crippen molar-refractivity contribution >= 4 is 23.5 Å². The van der Waals surface area contributed by atoms with E-state index in [1.54, 1.807) is 39.0 Å². The third kappa shape index (κ3) is 4.97. The van der Waals surface area contributed by atoms with E-state index >= 15 is 0 Å². The summed E-state index contributed by atoms with van der Waals surface area (Å²) in [6.07, 6.45) is 2.69. The molecule has 2 aromatic carbocycles. The first-order valence-corrected chi connectivity index (χ1v) is 14.0. The Balaban J connectivity index is 1.76. The van der Waals surface area contributed by atoms with Crippen LogP contribution in [0.4, 0.5) is 10.5 Å². The maximum atomic E-state index is 13.8. The van der Waals surface area contributed by atoms with Gasteiger partial charge in [-0.1, -0.05) is 38.8 Å². The number of non-ortho nitro benzene ring substituents is 1. The molecule has 2 aromatic rings. The zero-order chi connectivity index (χ0) is 29.5. The minimum atomic E-state index is -1.69. The Bertz CT molecular complexity index is 1350. The first-order chi connectivity index (χ1) is 18.8. The Morgan fingerprint density at radius 1 is 1.02 bits per heavy atom. The number of hydrogen-bond acceptors (Lipinski definition) is 6. The van der Waals surface area contributed by atoms with E-state index in [1.807, 2.05) is 12.1 Å². The van der Waals surface area contributed by atoms with E-state index < -0.39 is 28.6 Å². The predicted molar refractivity (Wildman–Crippen MR) is 151 cm³/mol. The molecule has 0 aromatic heterocycles. The summed E-state index contributed by atoms with van der Waals surface area (Å²) in [5.41, 5.74) is 1.13. The highest BCUT2D eigenvalue weighted by Crippen LogP contribution is 2.54. The number of carboxylic acid groups (broad SMARTS) is 1. The SMILES string of the molecule is CCCC1(CCC)c2cc(C(=O)C[C@]3(C(=O)O)CCCN3C(=O)OC(C)(C)C)ccc2-c2ccc([N+](=O)[O-])cc21. The average molecular weight is 551 g/mol. The van der Waals surface area contributed by atoms with Gasteiger partial charge in [0.1, 0.15) is 5.60 Å². The molecule has 214 valence electrons. The van der Waals surface area contributed by atoms with Gasteiger partial charge in [0.15, 0.2) is 11.3 Å². The molecular weight excluding hydrogens is 512 g/mol. The van der Waals surface area contributed by atoms with Crippen LogP contribution in [0.1, 0.15) is 101 Å². The lowest BCUT2D eigenvalue weighted by Gasteiger charge is -2.35. The van der Waals surface area contributed by atoms with E-state index in [-0.39, 0.29) is 35.8 Å². The second-order valence-corrected chi connectivity index (χ2v) is 12.0. The van der Waals surface area contributed by atoms with E-state index in [2.05, 4.69) is 13.8 Å². The Morgan fingerprint density at radius 3 is 2.17 bits per heavy atom. The number of fused-ring (bicyclic) bond motifs is 3. The van der Waals surface area contributed by atoms with Gasteiger partial charge in [-0.25, -0.2) is 9.59 Å². The molecule has 1 fully saturated rings. The van der Waals surface area contributed by atoms with Crippen molar-refractivity contribution in [1.82, 2.24) is 4.90 Å². The summed E-state index contributed by atoms with van der Waals surface area (Å²) in [5.74, 6) is -1.60. The van der Waals surface area contributed by atoms with Gasteiger partial charge in [-0.05, 0) is 80.8 Å². The highest BCUT2D eigenvalue weighted by molar-refractivity contribution is 6.02. The first-order valence-electron chi connectivity index (χ1n) is 14.0. The molecule has 9 heteroatoms. The summed E-state index contributed by atoms with van der Waals surface area (Å²) < 4.78 is 5.48. The normalized spacial score (nSPS) is 19.2. The molecule has 2 aliphatic rings. The van der Waals surface area contributed by atoms with Gasteiger partial charge in [-0.15, -0.1) is 0 Å². The van der Waals surface area contributed by atoms with E-state index in [0.717, 1.165) is 47.9 Å². The molecule has 1 N–H and O–H groups in total. The van der Waals surface area contributed by atoms with Crippen molar-refractivity contribution in [2.45, 2.75) is 96.1 Å². The molecule has 1 aliphatic heterocycles. The van der Waals surface area contributed by atoms with Gasteiger partial charge >= 0.3 is 12.1 Å². The van der Waals surface area contributed by atoms with Crippen molar-refractivity contribution in [2.24, 2.45) is 0 Å². The van der Waals surface area contributed by atoms with Gasteiger partial charge in [-0.2, -0.15) is 0 Å². The fourth-order valence-electron chi connectivity index (χ4n) is 6.60. The molecule has 0 spiro atoms. The number of ether oxygens (including phenoxy) is 1. The topological polar surface area (TPSA) is 127 Å². The fraction of sp³-hybridized carbons (Fsp3) is 0.516. The summed E-state index contributed by atoms with van der Waals surface area (Å²) in [6.45, 7) is 9.48. The Labute approximate surface area is 234 Å². The number of rotatable bonds is 9. The monoisotopic (exact) mass is 550 g/mol. The molecule has 0 radical (unpaired) electrons. The lowest BCUT2D eigenvalue weighted by Crippen LogP contribution is -2.55. The van der Waals surface area contributed by atoms with Crippen LogP contribution in [-0.4, -0.2) is 50.5 Å². The molecule has 0 unspecified atom stereocenters. The number of nitro groups is 1. The number of nitrogens with zero attached hydrogens (tertiary/aromatic N) is 2. The summed E-state index contributed by atoms with van der Waals surface area (Å²) in [4.78, 5) is 51.8. The molecular formula is C31H38N2O7. The molecule has 1 amide bonds. The lowest BCUT2D eigenvalue weighted by atomic mass is 9.71. The number of nitro benzene ring substituents is 1. The highest BCUT2D eigenvalue weighted by atomic mass is 16.6. The number of benzene rings is 2. The second-order valence-electron chi connectivity index (χ2n) is 12.0. The summed E-state index contributed by atoms with van der Waals surface area (Å²) in [7, 11) is 0. The number of Topliss-reactive ketones (excluding diaryl/α,β-unsaturated/α-hetero) is 1. The van der Waals surface area contributed by atoms with Crippen LogP contribution in [-0.2, 0) is 14.9 Å². The quantitative estimate of drug-likeness (QED) is 0.205. The fourth-order valence-corrected chi connectivity index (χ4v) is 6.60. The average Bonchev–Trinajstić information content (AvgIpc) is 3.42. The number of carboxylic acids is 1. The first kappa shape index (κ1) is 29.2. The van der Waals surface area contributed by atoms with E-state index in [9.17, 15) is 29.6 Å². The van der Waals surface area contributed by atoms with E-state index in [0.29, 0.717) is 12.0 Å². The zero-order valence-corrected chi connectivity index (χ0v) is 23.9. The predicted octanol–water partition coefficient (Wildman–Crippen LogP) is 6.89. The number of hydrogen-bond donors (Lipinski definition) is 1. The number of carbonyl (C=O) groups is 3. The number of ketones is 1. The third-order valence-corrected chi connectivity index (χ3v) is 8.18. The molecule has 0 saturated carbocycles. The van der Waals surface area contributed by atoms with Gasteiger partial charge in [0.2, 0.25) is 0 Å². The van der Waals surface area contributed by atoms with Crippen molar-refractivity contribution in [2.75, 3.05) is 6.54 Å². The molecule has 4 rings (SSSR count). The van der Waals surface area contributed by atoms with E-state index in [1.165, 1.54) is 11.0 Å². The molecule has 1 atom stereocenters.